The van der Waals surface area contributed by atoms with Crippen molar-refractivity contribution in [3.05, 3.63) is 29.8 Å². The number of rotatable bonds is 2. The molecule has 138 valence electrons. The SMILES string of the molecule is CC(C)C(=O)N1CCSC12CCN(C(=O)Nc1ccc(C#N)cc1)CC2. The Balaban J connectivity index is 1.59. The zero-order valence-electron chi connectivity index (χ0n) is 15.2. The number of thioether (sulfide) groups is 1. The Bertz CT molecular complexity index is 718. The number of nitrogens with one attached hydrogen (secondary N) is 1. The molecule has 0 bridgehead atoms. The summed E-state index contributed by atoms with van der Waals surface area (Å²) in [5.41, 5.74) is 1.25. The Morgan fingerprint density at radius 1 is 1.19 bits per heavy atom. The number of nitrogens with zero attached hydrogens (tertiary/aromatic N) is 3. The lowest BCUT2D eigenvalue weighted by Crippen LogP contribution is -2.55. The van der Waals surface area contributed by atoms with Gasteiger partial charge >= 0.3 is 6.03 Å². The highest BCUT2D eigenvalue weighted by Gasteiger charge is 2.47. The van der Waals surface area contributed by atoms with E-state index in [0.717, 1.165) is 25.1 Å². The second-order valence-electron chi connectivity index (χ2n) is 7.05. The van der Waals surface area contributed by atoms with Crippen LogP contribution < -0.4 is 5.32 Å². The molecule has 7 heteroatoms. The summed E-state index contributed by atoms with van der Waals surface area (Å²) in [5, 5.41) is 11.7. The van der Waals surface area contributed by atoms with Gasteiger partial charge in [0.2, 0.25) is 5.91 Å². The van der Waals surface area contributed by atoms with Crippen molar-refractivity contribution < 1.29 is 9.59 Å². The highest BCUT2D eigenvalue weighted by molar-refractivity contribution is 8.00. The van der Waals surface area contributed by atoms with Gasteiger partial charge in [-0.1, -0.05) is 13.8 Å². The number of carbonyl (C=O) groups excluding carboxylic acids is 2. The minimum atomic E-state index is -0.146. The zero-order valence-corrected chi connectivity index (χ0v) is 16.0. The van der Waals surface area contributed by atoms with Crippen LogP contribution in [0.5, 0.6) is 0 Å². The summed E-state index contributed by atoms with van der Waals surface area (Å²) in [6.07, 6.45) is 1.60. The molecule has 2 aliphatic rings. The first-order valence-corrected chi connectivity index (χ1v) is 9.95. The minimum absolute atomic E-state index is 0.00304. The maximum absolute atomic E-state index is 12.5. The molecule has 2 aliphatic heterocycles. The molecule has 0 aliphatic carbocycles. The summed E-state index contributed by atoms with van der Waals surface area (Å²) in [6, 6.07) is 8.77. The Kier molecular flexibility index (Phi) is 5.42. The normalized spacial score (nSPS) is 18.8. The number of carbonyl (C=O) groups is 2. The number of piperidine rings is 1. The van der Waals surface area contributed by atoms with Crippen molar-refractivity contribution in [3.8, 4) is 6.07 Å². The number of hydrogen-bond donors (Lipinski definition) is 1. The van der Waals surface area contributed by atoms with E-state index in [4.69, 9.17) is 5.26 Å². The zero-order chi connectivity index (χ0) is 18.7. The lowest BCUT2D eigenvalue weighted by molar-refractivity contribution is -0.137. The molecule has 1 aromatic carbocycles. The maximum atomic E-state index is 12.5. The van der Waals surface area contributed by atoms with Crippen molar-refractivity contribution >= 4 is 29.4 Å². The third kappa shape index (κ3) is 3.65. The standard InChI is InChI=1S/C19H24N4O2S/c1-14(2)17(24)23-11-12-26-19(23)7-9-22(10-8-19)18(25)21-16-5-3-15(13-20)4-6-16/h3-6,14H,7-12H2,1-2H3,(H,21,25). The largest absolute Gasteiger partial charge is 0.327 e. The Hall–Kier alpha value is -2.20. The topological polar surface area (TPSA) is 76.4 Å². The molecule has 0 saturated carbocycles. The van der Waals surface area contributed by atoms with Gasteiger partial charge in [0.15, 0.2) is 0 Å². The van der Waals surface area contributed by atoms with E-state index in [9.17, 15) is 9.59 Å². The van der Waals surface area contributed by atoms with Crippen molar-refractivity contribution in [2.45, 2.75) is 31.6 Å². The molecule has 1 N–H and O–H groups in total. The van der Waals surface area contributed by atoms with Crippen LogP contribution in [0.2, 0.25) is 0 Å². The van der Waals surface area contributed by atoms with Gasteiger partial charge in [-0.3, -0.25) is 4.79 Å². The van der Waals surface area contributed by atoms with E-state index < -0.39 is 0 Å². The van der Waals surface area contributed by atoms with Crippen molar-refractivity contribution in [2.75, 3.05) is 30.7 Å². The van der Waals surface area contributed by atoms with Crippen molar-refractivity contribution in [2.24, 2.45) is 5.92 Å². The molecule has 1 aromatic rings. The summed E-state index contributed by atoms with van der Waals surface area (Å²) in [5.74, 6) is 1.18. The fraction of sp³-hybridized carbons (Fsp3) is 0.526. The number of likely N-dealkylation sites (tertiary alicyclic amines) is 1. The average Bonchev–Trinajstić information content (AvgIpc) is 3.05. The van der Waals surface area contributed by atoms with Gasteiger partial charge in [0.1, 0.15) is 0 Å². The van der Waals surface area contributed by atoms with Crippen LogP contribution in [0, 0.1) is 17.2 Å². The lowest BCUT2D eigenvalue weighted by atomic mass is 10.0. The van der Waals surface area contributed by atoms with Crippen molar-refractivity contribution in [1.29, 1.82) is 5.26 Å². The summed E-state index contributed by atoms with van der Waals surface area (Å²) >= 11 is 1.86. The van der Waals surface area contributed by atoms with Gasteiger partial charge in [-0.05, 0) is 37.1 Å². The molecule has 6 nitrogen and oxygen atoms in total. The van der Waals surface area contributed by atoms with Crippen LogP contribution in [-0.2, 0) is 4.79 Å². The van der Waals surface area contributed by atoms with Gasteiger partial charge in [-0.25, -0.2) is 4.79 Å². The van der Waals surface area contributed by atoms with Crippen molar-refractivity contribution in [1.82, 2.24) is 9.80 Å². The summed E-state index contributed by atoms with van der Waals surface area (Å²) in [7, 11) is 0. The minimum Gasteiger partial charge on any atom is -0.327 e. The molecule has 0 radical (unpaired) electrons. The molecule has 26 heavy (non-hydrogen) atoms. The highest BCUT2D eigenvalue weighted by Crippen LogP contribution is 2.44. The summed E-state index contributed by atoms with van der Waals surface area (Å²) in [6.45, 7) is 5.96. The Morgan fingerprint density at radius 3 is 2.42 bits per heavy atom. The third-order valence-electron chi connectivity index (χ3n) is 5.03. The molecule has 1 spiro atoms. The smallest absolute Gasteiger partial charge is 0.321 e. The molecular weight excluding hydrogens is 348 g/mol. The third-order valence-corrected chi connectivity index (χ3v) is 6.59. The highest BCUT2D eigenvalue weighted by atomic mass is 32.2. The van der Waals surface area contributed by atoms with Crippen molar-refractivity contribution in [3.63, 3.8) is 0 Å². The monoisotopic (exact) mass is 372 g/mol. The fourth-order valence-corrected chi connectivity index (χ4v) is 5.00. The van der Waals surface area contributed by atoms with Crippen LogP contribution in [0.25, 0.3) is 0 Å². The number of hydrogen-bond acceptors (Lipinski definition) is 4. The van der Waals surface area contributed by atoms with E-state index in [1.165, 1.54) is 0 Å². The Labute approximate surface area is 158 Å². The van der Waals surface area contributed by atoms with Gasteiger partial charge in [-0.15, -0.1) is 11.8 Å². The number of urea groups is 1. The molecule has 3 amide bonds. The molecule has 2 heterocycles. The first-order valence-electron chi connectivity index (χ1n) is 8.97. The van der Waals surface area contributed by atoms with Gasteiger partial charge in [0.05, 0.1) is 16.5 Å². The molecule has 2 fully saturated rings. The molecule has 0 atom stereocenters. The molecule has 3 rings (SSSR count). The summed E-state index contributed by atoms with van der Waals surface area (Å²) < 4.78 is 0. The molecule has 0 aromatic heterocycles. The predicted molar refractivity (Wildman–Crippen MR) is 103 cm³/mol. The van der Waals surface area contributed by atoms with E-state index in [1.807, 2.05) is 30.5 Å². The molecule has 2 saturated heterocycles. The van der Waals surface area contributed by atoms with E-state index in [1.54, 1.807) is 29.2 Å². The van der Waals surface area contributed by atoms with E-state index in [2.05, 4.69) is 11.4 Å². The van der Waals surface area contributed by atoms with Crippen LogP contribution in [0.4, 0.5) is 10.5 Å². The quantitative estimate of drug-likeness (QED) is 0.865. The van der Waals surface area contributed by atoms with Crippen LogP contribution in [-0.4, -0.2) is 52.0 Å². The second kappa shape index (κ2) is 7.58. The number of nitriles is 1. The van der Waals surface area contributed by atoms with Crippen LogP contribution in [0.1, 0.15) is 32.3 Å². The van der Waals surface area contributed by atoms with E-state index >= 15 is 0 Å². The lowest BCUT2D eigenvalue weighted by Gasteiger charge is -2.44. The molecule has 0 unspecified atom stereocenters. The van der Waals surface area contributed by atoms with Gasteiger partial charge in [-0.2, -0.15) is 5.26 Å². The number of amides is 3. The fourth-order valence-electron chi connectivity index (χ4n) is 3.54. The first-order chi connectivity index (χ1) is 12.4. The maximum Gasteiger partial charge on any atom is 0.321 e. The summed E-state index contributed by atoms with van der Waals surface area (Å²) in [4.78, 5) is 28.7. The number of anilines is 1. The average molecular weight is 372 g/mol. The van der Waals surface area contributed by atoms with Gasteiger partial charge in [0, 0.05) is 37.0 Å². The van der Waals surface area contributed by atoms with Crippen LogP contribution in [0.3, 0.4) is 0 Å². The van der Waals surface area contributed by atoms with E-state index in [-0.39, 0.29) is 22.7 Å². The van der Waals surface area contributed by atoms with Gasteiger partial charge < -0.3 is 15.1 Å². The second-order valence-corrected chi connectivity index (χ2v) is 8.50. The molecular formula is C19H24N4O2S. The van der Waals surface area contributed by atoms with E-state index in [0.29, 0.717) is 24.3 Å². The van der Waals surface area contributed by atoms with Crippen LogP contribution in [0.15, 0.2) is 24.3 Å². The first kappa shape index (κ1) is 18.6. The predicted octanol–water partition coefficient (Wildman–Crippen LogP) is 3.11. The number of benzene rings is 1. The Morgan fingerprint density at radius 2 is 1.85 bits per heavy atom. The van der Waals surface area contributed by atoms with Crippen LogP contribution >= 0.6 is 11.8 Å². The van der Waals surface area contributed by atoms with Gasteiger partial charge in [0.25, 0.3) is 0 Å².